The van der Waals surface area contributed by atoms with Crippen LogP contribution in [0.4, 0.5) is 5.69 Å². The van der Waals surface area contributed by atoms with Crippen LogP contribution in [0.2, 0.25) is 0 Å². The summed E-state index contributed by atoms with van der Waals surface area (Å²) >= 11 is 0. The lowest BCUT2D eigenvalue weighted by molar-refractivity contribution is -0.116. The van der Waals surface area contributed by atoms with Crippen LogP contribution in [0.1, 0.15) is 51.0 Å². The maximum atomic E-state index is 12.6. The van der Waals surface area contributed by atoms with Gasteiger partial charge < -0.3 is 29.2 Å². The number of aryl methyl sites for hydroxylation is 1. The molecule has 1 aromatic carbocycles. The summed E-state index contributed by atoms with van der Waals surface area (Å²) in [6.45, 7) is 5.73. The zero-order chi connectivity index (χ0) is 21.8. The number of aromatic amines is 1. The normalized spacial score (nSPS) is 11.9. The molecule has 0 atom stereocenters. The van der Waals surface area contributed by atoms with Gasteiger partial charge in [-0.15, -0.1) is 0 Å². The Bertz CT molecular complexity index is 994. The van der Waals surface area contributed by atoms with Crippen molar-refractivity contribution in [3.63, 3.8) is 0 Å². The predicted octanol–water partition coefficient (Wildman–Crippen LogP) is 2.89. The predicted molar refractivity (Wildman–Crippen MR) is 107 cm³/mol. The molecule has 0 saturated heterocycles. The van der Waals surface area contributed by atoms with Gasteiger partial charge in [-0.25, -0.2) is 9.59 Å². The first-order valence-electron chi connectivity index (χ1n) is 9.52. The molecule has 2 N–H and O–H groups in total. The molecule has 2 heterocycles. The molecule has 3 rings (SSSR count). The number of anilines is 1. The average Bonchev–Trinajstić information content (AvgIpc) is 3.29. The van der Waals surface area contributed by atoms with Crippen molar-refractivity contribution in [2.45, 2.75) is 33.6 Å². The topological polar surface area (TPSA) is 116 Å². The molecule has 2 aromatic rings. The first kappa shape index (κ1) is 21.2. The smallest absolute Gasteiger partial charge is 0.355 e. The second-order valence-corrected chi connectivity index (χ2v) is 6.74. The molecule has 0 spiro atoms. The highest BCUT2D eigenvalue weighted by Gasteiger charge is 2.23. The van der Waals surface area contributed by atoms with Crippen molar-refractivity contribution in [1.29, 1.82) is 0 Å². The van der Waals surface area contributed by atoms with Crippen LogP contribution in [-0.4, -0.2) is 43.3 Å². The van der Waals surface area contributed by atoms with E-state index in [-0.39, 0.29) is 37.0 Å². The average molecular weight is 416 g/mol. The van der Waals surface area contributed by atoms with E-state index in [1.54, 1.807) is 6.92 Å². The van der Waals surface area contributed by atoms with Crippen molar-refractivity contribution in [3.05, 3.63) is 40.2 Å². The minimum Gasteiger partial charge on any atom is -0.465 e. The molecule has 0 unspecified atom stereocenters. The van der Waals surface area contributed by atoms with Gasteiger partial charge in [0.25, 0.3) is 0 Å². The van der Waals surface area contributed by atoms with Crippen LogP contribution in [0.15, 0.2) is 12.1 Å². The van der Waals surface area contributed by atoms with Gasteiger partial charge in [0.2, 0.25) is 12.7 Å². The number of carbonyl (C=O) groups excluding carboxylic acids is 3. The number of fused-ring (bicyclic) bond motifs is 1. The second-order valence-electron chi connectivity index (χ2n) is 6.74. The highest BCUT2D eigenvalue weighted by Crippen LogP contribution is 2.37. The van der Waals surface area contributed by atoms with Gasteiger partial charge in [-0.2, -0.15) is 0 Å². The summed E-state index contributed by atoms with van der Waals surface area (Å²) < 4.78 is 20.4. The molecule has 160 valence electrons. The number of benzene rings is 1. The molecular formula is C21H24N2O7. The molecule has 30 heavy (non-hydrogen) atoms. The Morgan fingerprint density at radius 3 is 2.50 bits per heavy atom. The Balaban J connectivity index is 1.73. The zero-order valence-corrected chi connectivity index (χ0v) is 17.3. The molecular weight excluding hydrogens is 392 g/mol. The molecule has 0 fully saturated rings. The van der Waals surface area contributed by atoms with Crippen LogP contribution < -0.4 is 14.8 Å². The van der Waals surface area contributed by atoms with Gasteiger partial charge in [0.1, 0.15) is 5.69 Å². The van der Waals surface area contributed by atoms with Crippen LogP contribution in [0.25, 0.3) is 0 Å². The summed E-state index contributed by atoms with van der Waals surface area (Å²) in [5.74, 6) is -0.457. The van der Waals surface area contributed by atoms with Gasteiger partial charge in [-0.05, 0) is 38.3 Å². The van der Waals surface area contributed by atoms with Crippen LogP contribution in [0.3, 0.4) is 0 Å². The third kappa shape index (κ3) is 4.24. The van der Waals surface area contributed by atoms with E-state index < -0.39 is 11.9 Å². The van der Waals surface area contributed by atoms with E-state index >= 15 is 0 Å². The first-order valence-corrected chi connectivity index (χ1v) is 9.52. The van der Waals surface area contributed by atoms with E-state index in [1.807, 2.05) is 13.8 Å². The second kappa shape index (κ2) is 8.89. The molecule has 0 saturated carbocycles. The number of hydrogen-bond donors (Lipinski definition) is 2. The van der Waals surface area contributed by atoms with Gasteiger partial charge >= 0.3 is 11.9 Å². The van der Waals surface area contributed by atoms with Crippen molar-refractivity contribution in [3.8, 4) is 11.5 Å². The zero-order valence-electron chi connectivity index (χ0n) is 17.3. The molecule has 1 aromatic heterocycles. The number of esters is 2. The minimum absolute atomic E-state index is 0.0438. The summed E-state index contributed by atoms with van der Waals surface area (Å²) in [6, 6.07) is 3.02. The lowest BCUT2D eigenvalue weighted by atomic mass is 10.0. The number of amides is 1. The van der Waals surface area contributed by atoms with Gasteiger partial charge in [-0.3, -0.25) is 4.79 Å². The Labute approximate surface area is 173 Å². The van der Waals surface area contributed by atoms with Crippen molar-refractivity contribution < 1.29 is 33.3 Å². The number of methoxy groups -OCH3 is 1. The summed E-state index contributed by atoms with van der Waals surface area (Å²) in [6.07, 6.45) is 0.564. The Morgan fingerprint density at radius 1 is 1.13 bits per heavy atom. The van der Waals surface area contributed by atoms with Crippen molar-refractivity contribution in [1.82, 2.24) is 4.98 Å². The summed E-state index contributed by atoms with van der Waals surface area (Å²) in [4.78, 5) is 39.7. The van der Waals surface area contributed by atoms with Crippen LogP contribution in [0, 0.1) is 13.8 Å². The van der Waals surface area contributed by atoms with E-state index in [1.165, 1.54) is 19.2 Å². The van der Waals surface area contributed by atoms with Crippen LogP contribution >= 0.6 is 0 Å². The number of nitrogens with one attached hydrogen (secondary N) is 2. The summed E-state index contributed by atoms with van der Waals surface area (Å²) in [7, 11) is 1.26. The standard InChI is InChI=1S/C21H24N2O7/c1-5-28-21(26)19-11(2)13(12(3)22-19)6-7-18(24)23-15-9-17-16(29-10-30-17)8-14(15)20(25)27-4/h8-9,22H,5-7,10H2,1-4H3,(H,23,24). The van der Waals surface area contributed by atoms with Gasteiger partial charge in [0.05, 0.1) is 25.0 Å². The number of hydrogen-bond acceptors (Lipinski definition) is 7. The van der Waals surface area contributed by atoms with Gasteiger partial charge in [-0.1, -0.05) is 0 Å². The lowest BCUT2D eigenvalue weighted by Crippen LogP contribution is -2.16. The van der Waals surface area contributed by atoms with E-state index in [9.17, 15) is 14.4 Å². The lowest BCUT2D eigenvalue weighted by Gasteiger charge is -2.11. The number of carbonyl (C=O) groups is 3. The first-order chi connectivity index (χ1) is 14.3. The van der Waals surface area contributed by atoms with E-state index in [0.717, 1.165) is 16.8 Å². The number of aromatic nitrogens is 1. The molecule has 9 heteroatoms. The summed E-state index contributed by atoms with van der Waals surface area (Å²) in [5.41, 5.74) is 3.30. The van der Waals surface area contributed by atoms with Crippen LogP contribution in [0.5, 0.6) is 11.5 Å². The Hall–Kier alpha value is -3.49. The highest BCUT2D eigenvalue weighted by atomic mass is 16.7. The third-order valence-corrected chi connectivity index (χ3v) is 4.87. The Morgan fingerprint density at radius 2 is 1.83 bits per heavy atom. The van der Waals surface area contributed by atoms with E-state index in [2.05, 4.69) is 10.3 Å². The summed E-state index contributed by atoms with van der Waals surface area (Å²) in [5, 5.41) is 2.74. The van der Waals surface area contributed by atoms with Gasteiger partial charge in [0.15, 0.2) is 11.5 Å². The SMILES string of the molecule is CCOC(=O)c1[nH]c(C)c(CCC(=O)Nc2cc3c(cc2C(=O)OC)OCO3)c1C. The monoisotopic (exact) mass is 416 g/mol. The highest BCUT2D eigenvalue weighted by molar-refractivity contribution is 6.02. The van der Waals surface area contributed by atoms with E-state index in [0.29, 0.717) is 23.6 Å². The minimum atomic E-state index is -0.597. The molecule has 1 aliphatic rings. The molecule has 1 aliphatic heterocycles. The fourth-order valence-electron chi connectivity index (χ4n) is 3.35. The molecule has 0 aliphatic carbocycles. The maximum absolute atomic E-state index is 12.6. The number of H-pyrrole nitrogens is 1. The molecule has 0 radical (unpaired) electrons. The molecule has 9 nitrogen and oxygen atoms in total. The molecule has 0 bridgehead atoms. The quantitative estimate of drug-likeness (QED) is 0.667. The fourth-order valence-corrected chi connectivity index (χ4v) is 3.35. The van der Waals surface area contributed by atoms with E-state index in [4.69, 9.17) is 18.9 Å². The van der Waals surface area contributed by atoms with Crippen molar-refractivity contribution in [2.24, 2.45) is 0 Å². The fraction of sp³-hybridized carbons (Fsp3) is 0.381. The maximum Gasteiger partial charge on any atom is 0.355 e. The van der Waals surface area contributed by atoms with Gasteiger partial charge in [0, 0.05) is 24.2 Å². The molecule has 1 amide bonds. The Kier molecular flexibility index (Phi) is 6.29. The number of rotatable bonds is 7. The van der Waals surface area contributed by atoms with Crippen molar-refractivity contribution >= 4 is 23.5 Å². The van der Waals surface area contributed by atoms with Crippen molar-refractivity contribution in [2.75, 3.05) is 25.8 Å². The van der Waals surface area contributed by atoms with Crippen LogP contribution in [-0.2, 0) is 20.7 Å². The largest absolute Gasteiger partial charge is 0.465 e. The number of ether oxygens (including phenoxy) is 4. The third-order valence-electron chi connectivity index (χ3n) is 4.87.